The average molecular weight is 870 g/mol. The zero-order chi connectivity index (χ0) is 45.1. The second kappa shape index (κ2) is 42.3. The Morgan fingerprint density at radius 3 is 1.53 bits per heavy atom. The van der Waals surface area contributed by atoms with E-state index in [1.807, 2.05) is 18.2 Å². The Kier molecular flexibility index (Phi) is 39.2. The van der Waals surface area contributed by atoms with Crippen LogP contribution in [0.15, 0.2) is 85.1 Å². The van der Waals surface area contributed by atoms with Crippen LogP contribution < -0.4 is 5.32 Å². The lowest BCUT2D eigenvalue weighted by Crippen LogP contribution is -2.60. The summed E-state index contributed by atoms with van der Waals surface area (Å²) in [4.78, 5) is 12.9. The number of hydrogen-bond donors (Lipinski definition) is 6. The van der Waals surface area contributed by atoms with E-state index >= 15 is 0 Å². The molecule has 0 spiro atoms. The molecule has 0 aromatic rings. The Morgan fingerprint density at radius 2 is 1.02 bits per heavy atom. The molecule has 0 aromatic carbocycles. The fraction of sp³-hybridized carbons (Fsp3) is 0.717. The van der Waals surface area contributed by atoms with Crippen LogP contribution in [0, 0.1) is 0 Å². The Balaban J connectivity index is 2.34. The van der Waals surface area contributed by atoms with E-state index in [9.17, 15) is 30.3 Å². The summed E-state index contributed by atoms with van der Waals surface area (Å²) >= 11 is 0. The summed E-state index contributed by atoms with van der Waals surface area (Å²) in [7, 11) is 0. The SMILES string of the molecule is CC/C=C\C/C=C\C/C=C\C/C=C\CCC(=O)NC(COC1OC(CO)C(O)C(O)C1O)C(O)/C=C/CC/C=C/CC/C=C/CCCCCCCCCCCCCCCCCC. The van der Waals surface area contributed by atoms with Gasteiger partial charge in [0.2, 0.25) is 5.91 Å². The molecule has 7 unspecified atom stereocenters. The lowest BCUT2D eigenvalue weighted by Gasteiger charge is -2.40. The van der Waals surface area contributed by atoms with Crippen molar-refractivity contribution in [2.24, 2.45) is 0 Å². The molecule has 1 aliphatic heterocycles. The lowest BCUT2D eigenvalue weighted by atomic mass is 9.99. The number of nitrogens with one attached hydrogen (secondary N) is 1. The molecule has 1 heterocycles. The molecule has 1 aliphatic rings. The van der Waals surface area contributed by atoms with Crippen LogP contribution in [-0.4, -0.2) is 87.5 Å². The number of carbonyl (C=O) groups excluding carboxylic acids is 1. The fourth-order valence-corrected chi connectivity index (χ4v) is 7.26. The maximum Gasteiger partial charge on any atom is 0.220 e. The minimum Gasteiger partial charge on any atom is -0.394 e. The Labute approximate surface area is 378 Å². The standard InChI is InChI=1S/C53H91NO8/c1-3-5-7-9-11-13-15-17-18-19-20-21-22-23-24-25-26-27-28-29-31-32-34-36-38-40-42-47(56)46(45-61-53-52(60)51(59)50(58)48(44-55)62-53)54-49(57)43-41-39-37-35-33-30-16-14-12-10-8-6-4-2/h6,8,12,14,27-28,30,32-34,37,39-40,42,46-48,50-53,55-56,58-60H,3-5,7,9-11,13,15-26,29,31,35-36,38,41,43-45H2,1-2H3,(H,54,57)/b8-6-,14-12-,28-27+,33-30-,34-32+,39-37-,42-40+. The number of unbranched alkanes of at least 4 members (excludes halogenated alkanes) is 18. The van der Waals surface area contributed by atoms with Gasteiger partial charge in [0.15, 0.2) is 6.29 Å². The molecule has 9 nitrogen and oxygen atoms in total. The molecule has 1 amide bonds. The van der Waals surface area contributed by atoms with Crippen LogP contribution in [0.25, 0.3) is 0 Å². The van der Waals surface area contributed by atoms with E-state index in [0.29, 0.717) is 12.8 Å². The van der Waals surface area contributed by atoms with Gasteiger partial charge < -0.3 is 40.3 Å². The van der Waals surface area contributed by atoms with E-state index in [4.69, 9.17) is 9.47 Å². The van der Waals surface area contributed by atoms with Gasteiger partial charge in [-0.3, -0.25) is 4.79 Å². The summed E-state index contributed by atoms with van der Waals surface area (Å²) in [6.45, 7) is 3.58. The monoisotopic (exact) mass is 870 g/mol. The quantitative estimate of drug-likeness (QED) is 0.0263. The summed E-state index contributed by atoms with van der Waals surface area (Å²) in [6, 6.07) is -0.870. The fourth-order valence-electron chi connectivity index (χ4n) is 7.26. The molecule has 0 radical (unpaired) electrons. The summed E-state index contributed by atoms with van der Waals surface area (Å²) in [5.41, 5.74) is 0. The summed E-state index contributed by atoms with van der Waals surface area (Å²) in [5, 5.41) is 54.1. The molecule has 0 saturated carbocycles. The predicted octanol–water partition coefficient (Wildman–Crippen LogP) is 11.1. The van der Waals surface area contributed by atoms with Gasteiger partial charge in [0.05, 0.1) is 25.4 Å². The molecule has 1 saturated heterocycles. The van der Waals surface area contributed by atoms with E-state index < -0.39 is 49.5 Å². The van der Waals surface area contributed by atoms with Crippen molar-refractivity contribution in [1.82, 2.24) is 5.32 Å². The van der Waals surface area contributed by atoms with Gasteiger partial charge in [0, 0.05) is 6.42 Å². The largest absolute Gasteiger partial charge is 0.394 e. The number of aliphatic hydroxyl groups is 5. The summed E-state index contributed by atoms with van der Waals surface area (Å²) < 4.78 is 11.2. The predicted molar refractivity (Wildman–Crippen MR) is 258 cm³/mol. The molecule has 9 heteroatoms. The number of rotatable bonds is 40. The van der Waals surface area contributed by atoms with Crippen LogP contribution in [0.1, 0.15) is 187 Å². The maximum absolute atomic E-state index is 12.9. The van der Waals surface area contributed by atoms with Crippen molar-refractivity contribution in [1.29, 1.82) is 0 Å². The zero-order valence-electron chi connectivity index (χ0n) is 39.1. The van der Waals surface area contributed by atoms with Gasteiger partial charge in [0.1, 0.15) is 24.4 Å². The summed E-state index contributed by atoms with van der Waals surface area (Å²) in [6.07, 6.45) is 52.4. The van der Waals surface area contributed by atoms with Crippen molar-refractivity contribution >= 4 is 5.91 Å². The second-order valence-electron chi connectivity index (χ2n) is 16.9. The molecule has 1 fully saturated rings. The van der Waals surface area contributed by atoms with Crippen LogP contribution in [0.5, 0.6) is 0 Å². The number of ether oxygens (including phenoxy) is 2. The number of allylic oxidation sites excluding steroid dienone is 13. The first-order valence-electron chi connectivity index (χ1n) is 24.8. The topological polar surface area (TPSA) is 149 Å². The van der Waals surface area contributed by atoms with Gasteiger partial charge in [0.25, 0.3) is 0 Å². The molecule has 6 N–H and O–H groups in total. The zero-order valence-corrected chi connectivity index (χ0v) is 39.1. The third-order valence-corrected chi connectivity index (χ3v) is 11.2. The highest BCUT2D eigenvalue weighted by molar-refractivity contribution is 5.76. The third kappa shape index (κ3) is 32.1. The van der Waals surface area contributed by atoms with Crippen molar-refractivity contribution in [3.05, 3.63) is 85.1 Å². The van der Waals surface area contributed by atoms with Gasteiger partial charge in [-0.15, -0.1) is 0 Å². The van der Waals surface area contributed by atoms with Crippen LogP contribution in [0.2, 0.25) is 0 Å². The van der Waals surface area contributed by atoms with Crippen LogP contribution >= 0.6 is 0 Å². The van der Waals surface area contributed by atoms with E-state index in [1.54, 1.807) is 6.08 Å². The van der Waals surface area contributed by atoms with Crippen molar-refractivity contribution in [2.75, 3.05) is 13.2 Å². The van der Waals surface area contributed by atoms with E-state index in [0.717, 1.165) is 51.4 Å². The van der Waals surface area contributed by atoms with Crippen LogP contribution in [0.4, 0.5) is 0 Å². The highest BCUT2D eigenvalue weighted by atomic mass is 16.7. The molecule has 0 aromatic heterocycles. The molecule has 1 rings (SSSR count). The average Bonchev–Trinajstić information content (AvgIpc) is 3.27. The molecule has 0 bridgehead atoms. The molecular weight excluding hydrogens is 779 g/mol. The molecule has 356 valence electrons. The third-order valence-electron chi connectivity index (χ3n) is 11.2. The smallest absolute Gasteiger partial charge is 0.220 e. The van der Waals surface area contributed by atoms with Gasteiger partial charge in [-0.05, 0) is 70.6 Å². The van der Waals surface area contributed by atoms with Gasteiger partial charge >= 0.3 is 0 Å². The van der Waals surface area contributed by atoms with Crippen LogP contribution in [-0.2, 0) is 14.3 Å². The van der Waals surface area contributed by atoms with Gasteiger partial charge in [-0.2, -0.15) is 0 Å². The molecule has 62 heavy (non-hydrogen) atoms. The second-order valence-corrected chi connectivity index (χ2v) is 16.9. The minimum absolute atomic E-state index is 0.209. The number of carbonyl (C=O) groups is 1. The van der Waals surface area contributed by atoms with Gasteiger partial charge in [-0.1, -0.05) is 195 Å². The number of hydrogen-bond acceptors (Lipinski definition) is 8. The highest BCUT2D eigenvalue weighted by Crippen LogP contribution is 2.22. The minimum atomic E-state index is -1.59. The Bertz CT molecular complexity index is 1240. The number of aliphatic hydroxyl groups excluding tert-OH is 5. The van der Waals surface area contributed by atoms with Crippen molar-refractivity contribution in [3.63, 3.8) is 0 Å². The lowest BCUT2D eigenvalue weighted by molar-refractivity contribution is -0.302. The van der Waals surface area contributed by atoms with Crippen molar-refractivity contribution < 1.29 is 39.8 Å². The van der Waals surface area contributed by atoms with Crippen molar-refractivity contribution in [3.8, 4) is 0 Å². The van der Waals surface area contributed by atoms with Crippen LogP contribution in [0.3, 0.4) is 0 Å². The van der Waals surface area contributed by atoms with E-state index in [1.165, 1.54) is 103 Å². The highest BCUT2D eigenvalue weighted by Gasteiger charge is 2.44. The first-order chi connectivity index (χ1) is 30.3. The first kappa shape index (κ1) is 57.4. The molecule has 7 atom stereocenters. The van der Waals surface area contributed by atoms with E-state index in [-0.39, 0.29) is 18.9 Å². The van der Waals surface area contributed by atoms with Crippen molar-refractivity contribution in [2.45, 2.75) is 230 Å². The molecule has 0 aliphatic carbocycles. The van der Waals surface area contributed by atoms with E-state index in [2.05, 4.69) is 79.9 Å². The Morgan fingerprint density at radius 1 is 0.565 bits per heavy atom. The summed E-state index contributed by atoms with van der Waals surface area (Å²) in [5.74, 6) is -0.274. The Hall–Kier alpha value is -2.63. The normalized spacial score (nSPS) is 21.0. The molecular formula is C53H91NO8. The number of amides is 1. The maximum atomic E-state index is 12.9. The first-order valence-corrected chi connectivity index (χ1v) is 24.8. The van der Waals surface area contributed by atoms with Gasteiger partial charge in [-0.25, -0.2) is 0 Å².